The van der Waals surface area contributed by atoms with Gasteiger partial charge in [0.2, 0.25) is 0 Å². The number of hydrogen-bond donors (Lipinski definition) is 0. The summed E-state index contributed by atoms with van der Waals surface area (Å²) >= 11 is 0. The van der Waals surface area contributed by atoms with Crippen LogP contribution < -0.4 is 0 Å². The number of aryl methyl sites for hydroxylation is 8. The van der Waals surface area contributed by atoms with Crippen molar-refractivity contribution in [2.45, 2.75) is 55.4 Å². The molecule has 23 rings (SSSR count). The van der Waals surface area contributed by atoms with Crippen LogP contribution in [0.2, 0.25) is 0 Å². The zero-order valence-corrected chi connectivity index (χ0v) is 67.2. The maximum absolute atomic E-state index is 4.22. The Morgan fingerprint density at radius 3 is 1.03 bits per heavy atom. The Morgan fingerprint density at radius 1 is 0.147 bits per heavy atom. The fourth-order valence-electron chi connectivity index (χ4n) is 16.2. The van der Waals surface area contributed by atoms with Crippen LogP contribution in [0.5, 0.6) is 0 Å². The molecule has 22 aromatic carbocycles. The molecule has 0 fully saturated rings. The van der Waals surface area contributed by atoms with Gasteiger partial charge in [0.05, 0.1) is 11.0 Å². The molecule has 558 valence electrons. The lowest BCUT2D eigenvalue weighted by Gasteiger charge is -2.06. The zero-order valence-electron chi connectivity index (χ0n) is 67.2. The molecular weight excluding hydrogens is 1400 g/mol. The van der Waals surface area contributed by atoms with Crippen molar-refractivity contribution in [3.05, 3.63) is 457 Å². The second-order valence-corrected chi connectivity index (χ2v) is 30.4. The van der Waals surface area contributed by atoms with Gasteiger partial charge in [-0.05, 0) is 270 Å². The number of benzene rings is 22. The molecular formula is C114H92N2. The molecule has 0 saturated carbocycles. The molecule has 0 N–H and O–H groups in total. The van der Waals surface area contributed by atoms with E-state index in [4.69, 9.17) is 0 Å². The van der Waals surface area contributed by atoms with Crippen molar-refractivity contribution in [2.75, 3.05) is 0 Å². The Bertz CT molecular complexity index is 7290. The molecule has 0 bridgehead atoms. The van der Waals surface area contributed by atoms with Crippen LogP contribution in [0, 0.1) is 55.4 Å². The van der Waals surface area contributed by atoms with Crippen LogP contribution >= 0.6 is 0 Å². The molecule has 1 heterocycles. The van der Waals surface area contributed by atoms with E-state index < -0.39 is 0 Å². The number of nitrogens with zero attached hydrogens (tertiary/aromatic N) is 2. The highest BCUT2D eigenvalue weighted by atomic mass is 14.8. The van der Waals surface area contributed by atoms with Gasteiger partial charge in [-0.3, -0.25) is 9.97 Å². The largest absolute Gasteiger partial charge is 0.253 e. The third kappa shape index (κ3) is 16.9. The van der Waals surface area contributed by atoms with Gasteiger partial charge >= 0.3 is 0 Å². The number of para-hydroxylation sites is 1. The van der Waals surface area contributed by atoms with Crippen LogP contribution in [0.4, 0.5) is 0 Å². The first-order valence-corrected chi connectivity index (χ1v) is 40.1. The average Bonchev–Trinajstić information content (AvgIpc) is 0.811. The summed E-state index contributed by atoms with van der Waals surface area (Å²) in [5.74, 6) is 0. The van der Waals surface area contributed by atoms with Crippen molar-refractivity contribution in [2.24, 2.45) is 0 Å². The van der Waals surface area contributed by atoms with Gasteiger partial charge in [0.15, 0.2) is 0 Å². The maximum atomic E-state index is 4.22. The van der Waals surface area contributed by atoms with Gasteiger partial charge in [0.25, 0.3) is 0 Å². The van der Waals surface area contributed by atoms with Gasteiger partial charge in [-0.2, -0.15) is 0 Å². The predicted molar refractivity (Wildman–Crippen MR) is 508 cm³/mol. The molecule has 0 aliphatic rings. The lowest BCUT2D eigenvalue weighted by atomic mass is 9.98. The molecule has 0 spiro atoms. The van der Waals surface area contributed by atoms with Gasteiger partial charge in [-0.15, -0.1) is 0 Å². The molecule has 0 amide bonds. The molecule has 0 aliphatic heterocycles. The van der Waals surface area contributed by atoms with E-state index in [0.717, 1.165) is 11.0 Å². The highest BCUT2D eigenvalue weighted by molar-refractivity contribution is 6.12. The van der Waals surface area contributed by atoms with E-state index >= 15 is 0 Å². The van der Waals surface area contributed by atoms with Gasteiger partial charge in [-0.1, -0.05) is 381 Å². The Balaban J connectivity index is 0.0000000996. The second kappa shape index (κ2) is 34.8. The molecule has 0 unspecified atom stereocenters. The summed E-state index contributed by atoms with van der Waals surface area (Å²) < 4.78 is 0. The molecule has 0 radical (unpaired) electrons. The summed E-state index contributed by atoms with van der Waals surface area (Å²) in [6.07, 6.45) is 3.43. The molecule has 0 aliphatic carbocycles. The van der Waals surface area contributed by atoms with Crippen molar-refractivity contribution in [1.29, 1.82) is 0 Å². The SMILES string of the molecule is Cc1c2ccccc2cc2ccccc12.Cc1cc2ccccc2c2ccccc12.Cc1ccc2c(ccc3ccccc32)c1.Cc1ccc2cc3ccccc3cc2c1.Cc1ccc2ccc3ccccc3c2c1.Cc1cccc2c1ccc1ccccc12.Cc1cccc2cc3ccccc3cc12.Cc1cccc2nccnc12. The van der Waals surface area contributed by atoms with Crippen molar-refractivity contribution in [3.8, 4) is 0 Å². The maximum Gasteiger partial charge on any atom is 0.0915 e. The highest BCUT2D eigenvalue weighted by Crippen LogP contribution is 2.34. The van der Waals surface area contributed by atoms with Crippen molar-refractivity contribution >= 4 is 162 Å². The molecule has 2 nitrogen and oxygen atoms in total. The second-order valence-electron chi connectivity index (χ2n) is 30.4. The Labute approximate surface area is 679 Å². The Morgan fingerprint density at radius 2 is 0.440 bits per heavy atom. The number of fused-ring (bicyclic) bond motifs is 19. The minimum Gasteiger partial charge on any atom is -0.253 e. The van der Waals surface area contributed by atoms with E-state index in [0.29, 0.717) is 0 Å². The van der Waals surface area contributed by atoms with E-state index in [-0.39, 0.29) is 0 Å². The van der Waals surface area contributed by atoms with Crippen LogP contribution in [0.3, 0.4) is 0 Å². The molecule has 1 aromatic heterocycles. The first-order valence-electron chi connectivity index (χ1n) is 40.1. The van der Waals surface area contributed by atoms with Crippen LogP contribution in [0.15, 0.2) is 413 Å². The molecule has 2 heteroatoms. The lowest BCUT2D eigenvalue weighted by Crippen LogP contribution is -1.83. The number of rotatable bonds is 0. The van der Waals surface area contributed by atoms with Gasteiger partial charge in [0, 0.05) is 12.4 Å². The van der Waals surface area contributed by atoms with Crippen LogP contribution in [0.25, 0.3) is 162 Å². The fraction of sp³-hybridized carbons (Fsp3) is 0.0702. The topological polar surface area (TPSA) is 25.8 Å². The fourth-order valence-corrected chi connectivity index (χ4v) is 16.2. The highest BCUT2D eigenvalue weighted by Gasteiger charge is 2.08. The van der Waals surface area contributed by atoms with E-state index in [9.17, 15) is 0 Å². The third-order valence-electron chi connectivity index (χ3n) is 22.3. The minimum absolute atomic E-state index is 0.965. The first kappa shape index (κ1) is 75.8. The first-order chi connectivity index (χ1) is 56.8. The number of hydrogen-bond acceptors (Lipinski definition) is 2. The number of aromatic nitrogens is 2. The molecule has 116 heavy (non-hydrogen) atoms. The summed E-state index contributed by atoms with van der Waals surface area (Å²) in [6.45, 7) is 17.1. The van der Waals surface area contributed by atoms with E-state index in [2.05, 4.69) is 441 Å². The molecule has 23 aromatic rings. The average molecular weight is 1490 g/mol. The Kier molecular flexibility index (Phi) is 22.8. The third-order valence-corrected chi connectivity index (χ3v) is 22.3. The van der Waals surface area contributed by atoms with Gasteiger partial charge in [0.1, 0.15) is 0 Å². The smallest absolute Gasteiger partial charge is 0.0915 e. The normalized spacial score (nSPS) is 10.9. The standard InChI is InChI=1S/7C15H12.C9H8N2/c1-11-14-8-4-2-6-12(14)10-13-7-3-5-9-15(11)13;1-11-10-12-6-2-3-8-14(12)15-9-5-4-7-13(11)15;1-11-5-4-8-14-9-12-6-2-3-7-13(12)10-15(11)14;1-11-5-4-8-15-13(11)10-9-12-6-2-3-7-14(12)15;1-11-6-9-15-13(10-11)8-7-12-4-2-3-5-14(12)15;1-11-6-7-14-9-12-4-2-3-5-13(12)10-15(14)8-11;1-11-6-7-13-9-8-12-4-2-3-5-14(12)15(13)10-11;1-7-3-2-4-8-9(7)11-6-5-10-8/h7*2-10H,1H3;2-6H,1H3. The summed E-state index contributed by atoms with van der Waals surface area (Å²) in [6, 6.07) is 142. The summed E-state index contributed by atoms with van der Waals surface area (Å²) in [7, 11) is 0. The van der Waals surface area contributed by atoms with Crippen molar-refractivity contribution in [1.82, 2.24) is 9.97 Å². The summed E-state index contributed by atoms with van der Waals surface area (Å²) in [5, 5.41) is 37.4. The van der Waals surface area contributed by atoms with E-state index in [1.807, 2.05) is 25.1 Å². The van der Waals surface area contributed by atoms with E-state index in [1.54, 1.807) is 12.4 Å². The molecule has 0 saturated heterocycles. The summed E-state index contributed by atoms with van der Waals surface area (Å²) in [5.41, 5.74) is 12.5. The predicted octanol–water partition coefficient (Wildman–Crippen LogP) is 32.0. The quantitative estimate of drug-likeness (QED) is 0.112. The van der Waals surface area contributed by atoms with Gasteiger partial charge in [-0.25, -0.2) is 0 Å². The summed E-state index contributed by atoms with van der Waals surface area (Å²) in [4.78, 5) is 8.40. The minimum atomic E-state index is 0.965. The van der Waals surface area contributed by atoms with Crippen LogP contribution in [0.1, 0.15) is 44.5 Å². The van der Waals surface area contributed by atoms with Crippen molar-refractivity contribution in [3.63, 3.8) is 0 Å². The van der Waals surface area contributed by atoms with E-state index in [1.165, 1.54) is 195 Å². The molecule has 0 atom stereocenters. The van der Waals surface area contributed by atoms with Crippen LogP contribution in [-0.2, 0) is 0 Å². The monoisotopic (exact) mass is 1490 g/mol. The van der Waals surface area contributed by atoms with Crippen molar-refractivity contribution < 1.29 is 0 Å². The lowest BCUT2D eigenvalue weighted by molar-refractivity contribution is 1.27. The van der Waals surface area contributed by atoms with Crippen LogP contribution in [-0.4, -0.2) is 9.97 Å². The Hall–Kier alpha value is -14.2. The zero-order chi connectivity index (χ0) is 79.4. The van der Waals surface area contributed by atoms with Gasteiger partial charge < -0.3 is 0 Å².